The average Bonchev–Trinajstić information content (AvgIpc) is 2.63. The molecule has 1 aromatic rings. The Hall–Kier alpha value is -1.69. The molecule has 4 aliphatic carbocycles. The fourth-order valence-electron chi connectivity index (χ4n) is 5.94. The fraction of sp³-hybridized carbons (Fsp3) is 0.619. The van der Waals surface area contributed by atoms with Gasteiger partial charge < -0.3 is 10.1 Å². The van der Waals surface area contributed by atoms with Gasteiger partial charge in [0.15, 0.2) is 6.61 Å². The predicted octanol–water partition coefficient (Wildman–Crippen LogP) is 2.91. The van der Waals surface area contributed by atoms with Crippen LogP contribution in [-0.4, -0.2) is 35.5 Å². The number of carbonyl (C=O) groups is 2. The van der Waals surface area contributed by atoms with Crippen LogP contribution in [0.4, 0.5) is 0 Å². The molecule has 1 atom stereocenters. The highest BCUT2D eigenvalue weighted by molar-refractivity contribution is 7.84. The minimum atomic E-state index is -1.29. The van der Waals surface area contributed by atoms with Crippen LogP contribution in [-0.2, 0) is 20.3 Å². The highest BCUT2D eigenvalue weighted by Crippen LogP contribution is 2.59. The SMILES string of the molecule is C[S@](=O)c1ccccc1C(=O)OCC(=O)NCC12CC3CC(CC(C3)C1)C2. The molecule has 0 heterocycles. The summed E-state index contributed by atoms with van der Waals surface area (Å²) in [5.41, 5.74) is 0.521. The van der Waals surface area contributed by atoms with Gasteiger partial charge in [0.05, 0.1) is 21.3 Å². The van der Waals surface area contributed by atoms with E-state index in [1.165, 1.54) is 44.8 Å². The van der Waals surface area contributed by atoms with E-state index in [1.807, 2.05) is 0 Å². The second kappa shape index (κ2) is 7.38. The molecule has 1 amide bonds. The summed E-state index contributed by atoms with van der Waals surface area (Å²) < 4.78 is 16.9. The number of hydrogen-bond acceptors (Lipinski definition) is 4. The van der Waals surface area contributed by atoms with Gasteiger partial charge in [-0.1, -0.05) is 12.1 Å². The van der Waals surface area contributed by atoms with E-state index in [9.17, 15) is 13.8 Å². The quantitative estimate of drug-likeness (QED) is 0.760. The van der Waals surface area contributed by atoms with Crippen molar-refractivity contribution in [2.45, 2.75) is 43.4 Å². The van der Waals surface area contributed by atoms with Gasteiger partial charge in [-0.2, -0.15) is 0 Å². The van der Waals surface area contributed by atoms with E-state index in [0.29, 0.717) is 11.4 Å². The molecule has 0 unspecified atom stereocenters. The predicted molar refractivity (Wildman–Crippen MR) is 103 cm³/mol. The zero-order chi connectivity index (χ0) is 19.0. The molecule has 0 spiro atoms. The van der Waals surface area contributed by atoms with E-state index in [1.54, 1.807) is 24.3 Å². The molecule has 1 aromatic carbocycles. The lowest BCUT2D eigenvalue weighted by molar-refractivity contribution is -0.126. The number of hydrogen-bond donors (Lipinski definition) is 1. The Labute approximate surface area is 162 Å². The topological polar surface area (TPSA) is 72.5 Å². The number of esters is 1. The molecular formula is C21H27NO4S. The third kappa shape index (κ3) is 3.96. The number of rotatable bonds is 6. The molecule has 27 heavy (non-hydrogen) atoms. The molecule has 4 fully saturated rings. The van der Waals surface area contributed by atoms with Crippen molar-refractivity contribution in [2.75, 3.05) is 19.4 Å². The first-order valence-corrected chi connectivity index (χ1v) is 11.4. The van der Waals surface area contributed by atoms with E-state index < -0.39 is 16.8 Å². The molecule has 4 bridgehead atoms. The van der Waals surface area contributed by atoms with Gasteiger partial charge in [-0.3, -0.25) is 9.00 Å². The minimum Gasteiger partial charge on any atom is -0.452 e. The van der Waals surface area contributed by atoms with E-state index in [2.05, 4.69) is 5.32 Å². The van der Waals surface area contributed by atoms with Crippen molar-refractivity contribution in [3.8, 4) is 0 Å². The first-order chi connectivity index (χ1) is 12.9. The normalized spacial score (nSPS) is 32.1. The molecule has 0 aromatic heterocycles. The second-order valence-electron chi connectivity index (χ2n) is 8.72. The summed E-state index contributed by atoms with van der Waals surface area (Å²) in [7, 11) is -1.29. The van der Waals surface area contributed by atoms with Gasteiger partial charge in [-0.05, 0) is 73.8 Å². The van der Waals surface area contributed by atoms with Crippen molar-refractivity contribution in [1.29, 1.82) is 0 Å². The number of benzene rings is 1. The summed E-state index contributed by atoms with van der Waals surface area (Å²) in [5.74, 6) is 1.67. The van der Waals surface area contributed by atoms with Crippen molar-refractivity contribution < 1.29 is 18.5 Å². The van der Waals surface area contributed by atoms with E-state index in [0.717, 1.165) is 17.8 Å². The van der Waals surface area contributed by atoms with Crippen molar-refractivity contribution in [1.82, 2.24) is 5.32 Å². The largest absolute Gasteiger partial charge is 0.452 e. The molecule has 146 valence electrons. The smallest absolute Gasteiger partial charge is 0.339 e. The van der Waals surface area contributed by atoms with Crippen LogP contribution in [0.15, 0.2) is 29.2 Å². The molecular weight excluding hydrogens is 362 g/mol. The van der Waals surface area contributed by atoms with Gasteiger partial charge in [-0.15, -0.1) is 0 Å². The van der Waals surface area contributed by atoms with Crippen LogP contribution in [0.5, 0.6) is 0 Å². The molecule has 5 nitrogen and oxygen atoms in total. The molecule has 0 radical (unpaired) electrons. The Kier molecular flexibility index (Phi) is 5.10. The highest BCUT2D eigenvalue weighted by atomic mass is 32.2. The molecule has 0 saturated heterocycles. The molecule has 4 aliphatic rings. The van der Waals surface area contributed by atoms with Gasteiger partial charge in [0, 0.05) is 12.8 Å². The Balaban J connectivity index is 1.29. The highest BCUT2D eigenvalue weighted by Gasteiger charge is 2.50. The first-order valence-electron chi connectivity index (χ1n) is 9.80. The van der Waals surface area contributed by atoms with Crippen LogP contribution >= 0.6 is 0 Å². The Bertz CT molecular complexity index is 740. The van der Waals surface area contributed by atoms with Crippen LogP contribution in [0.3, 0.4) is 0 Å². The molecule has 0 aliphatic heterocycles. The average molecular weight is 390 g/mol. The van der Waals surface area contributed by atoms with Crippen molar-refractivity contribution in [2.24, 2.45) is 23.2 Å². The maximum absolute atomic E-state index is 12.3. The number of nitrogens with one attached hydrogen (secondary N) is 1. The Morgan fingerprint density at radius 1 is 1.11 bits per heavy atom. The monoisotopic (exact) mass is 389 g/mol. The van der Waals surface area contributed by atoms with Crippen molar-refractivity contribution in [3.05, 3.63) is 29.8 Å². The molecule has 4 saturated carbocycles. The fourth-order valence-corrected chi connectivity index (χ4v) is 6.67. The van der Waals surface area contributed by atoms with Crippen LogP contribution < -0.4 is 5.32 Å². The number of carbonyl (C=O) groups excluding carboxylic acids is 2. The molecule has 5 rings (SSSR count). The first kappa shape index (κ1) is 18.7. The summed E-state index contributed by atoms with van der Waals surface area (Å²) in [6, 6.07) is 6.64. The number of ether oxygens (including phenoxy) is 1. The second-order valence-corrected chi connectivity index (χ2v) is 10.1. The summed E-state index contributed by atoms with van der Waals surface area (Å²) in [4.78, 5) is 24.9. The Morgan fingerprint density at radius 3 is 2.30 bits per heavy atom. The summed E-state index contributed by atoms with van der Waals surface area (Å²) in [6.07, 6.45) is 9.34. The van der Waals surface area contributed by atoms with Gasteiger partial charge in [0.2, 0.25) is 0 Å². The van der Waals surface area contributed by atoms with E-state index >= 15 is 0 Å². The zero-order valence-electron chi connectivity index (χ0n) is 15.7. The van der Waals surface area contributed by atoms with Crippen LogP contribution in [0, 0.1) is 23.2 Å². The van der Waals surface area contributed by atoms with Gasteiger partial charge in [0.1, 0.15) is 0 Å². The Morgan fingerprint density at radius 2 is 1.70 bits per heavy atom. The standard InChI is InChI=1S/C21H27NO4S/c1-27(25)18-5-3-2-4-17(18)20(24)26-12-19(23)22-13-21-9-14-6-15(10-21)8-16(7-14)11-21/h2-5,14-16H,6-13H2,1H3,(H,22,23)/t14?,15?,16?,21?,27-/m0/s1. The number of amides is 1. The third-order valence-corrected chi connectivity index (χ3v) is 7.55. The van der Waals surface area contributed by atoms with Crippen LogP contribution in [0.25, 0.3) is 0 Å². The van der Waals surface area contributed by atoms with Crippen molar-refractivity contribution in [3.63, 3.8) is 0 Å². The maximum atomic E-state index is 12.3. The lowest BCUT2D eigenvalue weighted by atomic mass is 9.49. The van der Waals surface area contributed by atoms with Crippen LogP contribution in [0.2, 0.25) is 0 Å². The summed E-state index contributed by atoms with van der Waals surface area (Å²) in [5, 5.41) is 3.01. The summed E-state index contributed by atoms with van der Waals surface area (Å²) >= 11 is 0. The molecule has 6 heteroatoms. The van der Waals surface area contributed by atoms with Crippen molar-refractivity contribution >= 4 is 22.7 Å². The third-order valence-electron chi connectivity index (χ3n) is 6.58. The van der Waals surface area contributed by atoms with Gasteiger partial charge in [-0.25, -0.2) is 4.79 Å². The van der Waals surface area contributed by atoms with E-state index in [-0.39, 0.29) is 23.5 Å². The maximum Gasteiger partial charge on any atom is 0.339 e. The van der Waals surface area contributed by atoms with Crippen LogP contribution in [0.1, 0.15) is 48.9 Å². The van der Waals surface area contributed by atoms with Gasteiger partial charge >= 0.3 is 5.97 Å². The molecule has 1 N–H and O–H groups in total. The minimum absolute atomic E-state index is 0.255. The summed E-state index contributed by atoms with van der Waals surface area (Å²) in [6.45, 7) is 0.401. The zero-order valence-corrected chi connectivity index (χ0v) is 16.6. The van der Waals surface area contributed by atoms with E-state index in [4.69, 9.17) is 4.74 Å². The van der Waals surface area contributed by atoms with Gasteiger partial charge in [0.25, 0.3) is 5.91 Å². The lowest BCUT2D eigenvalue weighted by Gasteiger charge is -2.56. The lowest BCUT2D eigenvalue weighted by Crippen LogP contribution is -2.51.